The summed E-state index contributed by atoms with van der Waals surface area (Å²) in [4.78, 5) is 40.6. The second-order valence-electron chi connectivity index (χ2n) is 10.4. The van der Waals surface area contributed by atoms with E-state index in [0.29, 0.717) is 17.5 Å². The van der Waals surface area contributed by atoms with Crippen LogP contribution in [-0.2, 0) is 29.1 Å². The van der Waals surface area contributed by atoms with E-state index in [0.717, 1.165) is 63.2 Å². The van der Waals surface area contributed by atoms with Gasteiger partial charge in [0.15, 0.2) is 0 Å². The first-order valence-electron chi connectivity index (χ1n) is 12.9. The summed E-state index contributed by atoms with van der Waals surface area (Å²) in [5.41, 5.74) is 4.33. The molecule has 8 heteroatoms. The molecule has 2 fully saturated rings. The number of ether oxygens (including phenoxy) is 1. The van der Waals surface area contributed by atoms with Crippen LogP contribution in [0.25, 0.3) is 0 Å². The number of aryl methyl sites for hydroxylation is 1. The van der Waals surface area contributed by atoms with Crippen molar-refractivity contribution in [2.24, 2.45) is 0 Å². The van der Waals surface area contributed by atoms with Gasteiger partial charge in [-0.1, -0.05) is 18.2 Å². The van der Waals surface area contributed by atoms with Crippen molar-refractivity contribution in [3.63, 3.8) is 0 Å². The second-order valence-corrected chi connectivity index (χ2v) is 10.4. The average Bonchev–Trinajstić information content (AvgIpc) is 3.19. The molecule has 7 nitrogen and oxygen atoms in total. The largest absolute Gasteiger partial charge is 0.493 e. The molecule has 6 rings (SSSR count). The summed E-state index contributed by atoms with van der Waals surface area (Å²) in [5.74, 6) is -0.350. The van der Waals surface area contributed by atoms with Crippen molar-refractivity contribution in [1.82, 2.24) is 15.1 Å². The van der Waals surface area contributed by atoms with Gasteiger partial charge in [0.2, 0.25) is 11.8 Å². The molecular formula is C28H30FN3O4. The Balaban J connectivity index is 1.11. The Morgan fingerprint density at radius 3 is 2.64 bits per heavy atom. The van der Waals surface area contributed by atoms with E-state index < -0.39 is 11.9 Å². The summed E-state index contributed by atoms with van der Waals surface area (Å²) in [6.07, 6.45) is 4.34. The lowest BCUT2D eigenvalue weighted by molar-refractivity contribution is -0.136. The van der Waals surface area contributed by atoms with E-state index in [1.807, 2.05) is 6.07 Å². The number of imide groups is 1. The first-order valence-corrected chi connectivity index (χ1v) is 12.9. The maximum absolute atomic E-state index is 15.2. The van der Waals surface area contributed by atoms with Crippen molar-refractivity contribution in [3.8, 4) is 5.75 Å². The number of fused-ring (bicyclic) bond motifs is 2. The highest BCUT2D eigenvalue weighted by Gasteiger charge is 2.40. The van der Waals surface area contributed by atoms with Crippen molar-refractivity contribution in [2.75, 3.05) is 19.7 Å². The van der Waals surface area contributed by atoms with Crippen LogP contribution in [0.15, 0.2) is 30.3 Å². The zero-order valence-corrected chi connectivity index (χ0v) is 20.2. The molecule has 4 heterocycles. The molecule has 2 aromatic carbocycles. The summed E-state index contributed by atoms with van der Waals surface area (Å²) in [6.45, 7) is 3.71. The number of nitrogens with one attached hydrogen (secondary N) is 1. The van der Waals surface area contributed by atoms with Gasteiger partial charge in [-0.3, -0.25) is 24.6 Å². The number of piperidine rings is 2. The van der Waals surface area contributed by atoms with Gasteiger partial charge in [-0.15, -0.1) is 0 Å². The van der Waals surface area contributed by atoms with Crippen molar-refractivity contribution >= 4 is 17.7 Å². The number of likely N-dealkylation sites (tertiary alicyclic amines) is 1. The molecule has 1 unspecified atom stereocenters. The first-order chi connectivity index (χ1) is 17.5. The number of nitrogens with zero attached hydrogens (tertiary/aromatic N) is 2. The van der Waals surface area contributed by atoms with Crippen LogP contribution in [-0.4, -0.2) is 53.3 Å². The molecule has 36 heavy (non-hydrogen) atoms. The van der Waals surface area contributed by atoms with E-state index in [4.69, 9.17) is 4.74 Å². The quantitative estimate of drug-likeness (QED) is 0.664. The van der Waals surface area contributed by atoms with E-state index in [9.17, 15) is 14.4 Å². The number of carbonyl (C=O) groups is 3. The minimum absolute atomic E-state index is 0.100. The molecule has 0 saturated carbocycles. The van der Waals surface area contributed by atoms with Crippen LogP contribution in [0.2, 0.25) is 0 Å². The molecule has 2 saturated heterocycles. The molecule has 2 aromatic rings. The van der Waals surface area contributed by atoms with Gasteiger partial charge >= 0.3 is 0 Å². The Labute approximate surface area is 209 Å². The average molecular weight is 492 g/mol. The van der Waals surface area contributed by atoms with Crippen molar-refractivity contribution in [1.29, 1.82) is 0 Å². The van der Waals surface area contributed by atoms with Gasteiger partial charge in [0.1, 0.15) is 17.6 Å². The van der Waals surface area contributed by atoms with Gasteiger partial charge < -0.3 is 9.64 Å². The topological polar surface area (TPSA) is 79.0 Å². The summed E-state index contributed by atoms with van der Waals surface area (Å²) in [7, 11) is 0. The molecule has 0 aromatic heterocycles. The second kappa shape index (κ2) is 9.32. The highest BCUT2D eigenvalue weighted by atomic mass is 19.1. The molecule has 0 bridgehead atoms. The number of halogens is 1. The van der Waals surface area contributed by atoms with E-state index >= 15 is 4.39 Å². The van der Waals surface area contributed by atoms with Gasteiger partial charge in [0, 0.05) is 25.1 Å². The fourth-order valence-electron chi connectivity index (χ4n) is 6.09. The number of benzene rings is 2. The minimum atomic E-state index is -0.687. The van der Waals surface area contributed by atoms with Crippen LogP contribution in [0.3, 0.4) is 0 Å². The Morgan fingerprint density at radius 1 is 1.00 bits per heavy atom. The molecule has 1 N–H and O–H groups in total. The SMILES string of the molecule is O=C1CCC(N2Cc3cc(C4CCN(Cc5ccc6c(c5)CCCO6)CC4)c(F)cc3C2=O)C(=O)N1. The van der Waals surface area contributed by atoms with Crippen molar-refractivity contribution in [3.05, 3.63) is 64.0 Å². The van der Waals surface area contributed by atoms with Gasteiger partial charge in [-0.25, -0.2) is 4.39 Å². The number of hydrogen-bond donors (Lipinski definition) is 1. The lowest BCUT2D eigenvalue weighted by atomic mass is 9.87. The fraction of sp³-hybridized carbons (Fsp3) is 0.464. The normalized spacial score (nSPS) is 22.8. The standard InChI is InChI=1S/C28H30FN3O4/c29-23-14-22-20(16-32(28(22)35)24-4-6-26(33)30-27(24)34)13-21(23)18-7-9-31(10-8-18)15-17-3-5-25-19(12-17)2-1-11-36-25/h3,5,12-14,18,24H,1-2,4,6-11,15-16H2,(H,30,33,34). The van der Waals surface area contributed by atoms with Crippen LogP contribution >= 0.6 is 0 Å². The van der Waals surface area contributed by atoms with E-state index in [2.05, 4.69) is 28.4 Å². The lowest BCUT2D eigenvalue weighted by Gasteiger charge is -2.32. The van der Waals surface area contributed by atoms with Gasteiger partial charge in [-0.2, -0.15) is 0 Å². The molecule has 1 atom stereocenters. The smallest absolute Gasteiger partial charge is 0.255 e. The van der Waals surface area contributed by atoms with Crippen LogP contribution < -0.4 is 10.1 Å². The predicted molar refractivity (Wildman–Crippen MR) is 130 cm³/mol. The maximum atomic E-state index is 15.2. The minimum Gasteiger partial charge on any atom is -0.493 e. The molecule has 3 amide bonds. The summed E-state index contributed by atoms with van der Waals surface area (Å²) in [6, 6.07) is 8.97. The van der Waals surface area contributed by atoms with Crippen molar-refractivity contribution in [2.45, 2.75) is 63.6 Å². The number of amides is 3. The van der Waals surface area contributed by atoms with Gasteiger partial charge in [0.25, 0.3) is 5.91 Å². The highest BCUT2D eigenvalue weighted by molar-refractivity contribution is 6.05. The van der Waals surface area contributed by atoms with Crippen LogP contribution in [0, 0.1) is 5.82 Å². The van der Waals surface area contributed by atoms with Crippen LogP contribution in [0.1, 0.15) is 70.6 Å². The molecule has 188 valence electrons. The number of hydrogen-bond acceptors (Lipinski definition) is 5. The Morgan fingerprint density at radius 2 is 1.83 bits per heavy atom. The summed E-state index contributed by atoms with van der Waals surface area (Å²) >= 11 is 0. The van der Waals surface area contributed by atoms with Crippen LogP contribution in [0.5, 0.6) is 5.75 Å². The monoisotopic (exact) mass is 491 g/mol. The third-order valence-electron chi connectivity index (χ3n) is 8.05. The Bertz CT molecular complexity index is 1240. The summed E-state index contributed by atoms with van der Waals surface area (Å²) < 4.78 is 20.9. The highest BCUT2D eigenvalue weighted by Crippen LogP contribution is 2.36. The number of carbonyl (C=O) groups excluding carboxylic acids is 3. The fourth-order valence-corrected chi connectivity index (χ4v) is 6.09. The number of rotatable bonds is 4. The molecule has 4 aliphatic rings. The third kappa shape index (κ3) is 4.28. The maximum Gasteiger partial charge on any atom is 0.255 e. The molecule has 4 aliphatic heterocycles. The summed E-state index contributed by atoms with van der Waals surface area (Å²) in [5, 5.41) is 2.31. The molecule has 0 aliphatic carbocycles. The van der Waals surface area contributed by atoms with Crippen molar-refractivity contribution < 1.29 is 23.5 Å². The van der Waals surface area contributed by atoms with Gasteiger partial charge in [0.05, 0.1) is 6.61 Å². The molecule has 0 radical (unpaired) electrons. The lowest BCUT2D eigenvalue weighted by Crippen LogP contribution is -2.52. The molecular weight excluding hydrogens is 461 g/mol. The third-order valence-corrected chi connectivity index (χ3v) is 8.05. The van der Waals surface area contributed by atoms with E-state index in [1.165, 1.54) is 22.1 Å². The Hall–Kier alpha value is -3.26. The zero-order chi connectivity index (χ0) is 24.8. The zero-order valence-electron chi connectivity index (χ0n) is 20.2. The van der Waals surface area contributed by atoms with Gasteiger partial charge in [-0.05, 0) is 85.5 Å². The van der Waals surface area contributed by atoms with E-state index in [-0.39, 0.29) is 36.5 Å². The predicted octanol–water partition coefficient (Wildman–Crippen LogP) is 3.29. The van der Waals surface area contributed by atoms with Crippen LogP contribution in [0.4, 0.5) is 4.39 Å². The molecule has 0 spiro atoms. The Kier molecular flexibility index (Phi) is 5.99. The first kappa shape index (κ1) is 23.2. The van der Waals surface area contributed by atoms with E-state index in [1.54, 1.807) is 0 Å².